The summed E-state index contributed by atoms with van der Waals surface area (Å²) in [6.07, 6.45) is 1.31. The normalized spacial score (nSPS) is 13.3. The van der Waals surface area contributed by atoms with Crippen molar-refractivity contribution in [1.82, 2.24) is 0 Å². The van der Waals surface area contributed by atoms with E-state index in [1.807, 2.05) is 0 Å². The number of carbonyl (C=O) groups excluding carboxylic acids is 4. The summed E-state index contributed by atoms with van der Waals surface area (Å²) in [6.45, 7) is 1.30. The van der Waals surface area contributed by atoms with E-state index < -0.39 is 24.2 Å². The van der Waals surface area contributed by atoms with Crippen LogP contribution in [0.15, 0.2) is 42.5 Å². The van der Waals surface area contributed by atoms with Gasteiger partial charge in [-0.3, -0.25) is 14.4 Å². The Hall–Kier alpha value is -3.55. The molecule has 1 aliphatic heterocycles. The van der Waals surface area contributed by atoms with E-state index in [1.54, 1.807) is 17.0 Å². The average Bonchev–Trinajstić information content (AvgIpc) is 3.11. The van der Waals surface area contributed by atoms with Crippen LogP contribution in [0, 0.1) is 5.82 Å². The lowest BCUT2D eigenvalue weighted by molar-refractivity contribution is -0.117. The summed E-state index contributed by atoms with van der Waals surface area (Å²) in [6, 6.07) is 9.93. The number of hydrogen-bond acceptors (Lipinski definition) is 5. The first kappa shape index (κ1) is 20.2. The Morgan fingerprint density at radius 3 is 2.45 bits per heavy atom. The Labute approximate surface area is 166 Å². The van der Waals surface area contributed by atoms with E-state index in [0.29, 0.717) is 18.7 Å². The van der Waals surface area contributed by atoms with Crippen LogP contribution in [0.25, 0.3) is 0 Å². The molecule has 29 heavy (non-hydrogen) atoms. The summed E-state index contributed by atoms with van der Waals surface area (Å²) in [7, 11) is 0. The predicted molar refractivity (Wildman–Crippen MR) is 103 cm³/mol. The van der Waals surface area contributed by atoms with Gasteiger partial charge in [0.2, 0.25) is 17.6 Å². The number of amides is 2. The van der Waals surface area contributed by atoms with E-state index >= 15 is 0 Å². The molecule has 1 aliphatic rings. The number of anilines is 2. The van der Waals surface area contributed by atoms with Crippen LogP contribution in [0.1, 0.15) is 40.5 Å². The monoisotopic (exact) mass is 398 g/mol. The molecule has 2 aromatic carbocycles. The number of nitrogens with one attached hydrogen (secondary N) is 1. The summed E-state index contributed by atoms with van der Waals surface area (Å²) in [5.41, 5.74) is 0.894. The molecule has 0 radical (unpaired) electrons. The molecule has 1 N–H and O–H groups in total. The van der Waals surface area contributed by atoms with Gasteiger partial charge in [-0.2, -0.15) is 0 Å². The fourth-order valence-electron chi connectivity index (χ4n) is 3.01. The largest absolute Gasteiger partial charge is 0.454 e. The molecule has 0 unspecified atom stereocenters. The Morgan fingerprint density at radius 1 is 1.14 bits per heavy atom. The van der Waals surface area contributed by atoms with Crippen LogP contribution in [0.5, 0.6) is 0 Å². The van der Waals surface area contributed by atoms with Gasteiger partial charge in [-0.1, -0.05) is 0 Å². The van der Waals surface area contributed by atoms with Gasteiger partial charge in [0.15, 0.2) is 6.61 Å². The maximum atomic E-state index is 14.1. The first-order valence-corrected chi connectivity index (χ1v) is 9.03. The highest BCUT2D eigenvalue weighted by atomic mass is 19.1. The van der Waals surface area contributed by atoms with Gasteiger partial charge < -0.3 is 15.0 Å². The van der Waals surface area contributed by atoms with Crippen LogP contribution in [0.3, 0.4) is 0 Å². The van der Waals surface area contributed by atoms with E-state index in [2.05, 4.69) is 5.32 Å². The zero-order chi connectivity index (χ0) is 21.0. The molecule has 2 aromatic rings. The van der Waals surface area contributed by atoms with Crippen molar-refractivity contribution in [2.24, 2.45) is 0 Å². The second-order valence-electron chi connectivity index (χ2n) is 6.57. The Kier molecular flexibility index (Phi) is 6.01. The SMILES string of the molecule is CC(=O)Nc1ccc(C(=O)COC(=O)c2ccc(N3CCCC3=O)cc2)c(F)c1. The zero-order valence-corrected chi connectivity index (χ0v) is 15.7. The summed E-state index contributed by atoms with van der Waals surface area (Å²) in [4.78, 5) is 48.7. The smallest absolute Gasteiger partial charge is 0.338 e. The third-order valence-corrected chi connectivity index (χ3v) is 4.41. The van der Waals surface area contributed by atoms with Crippen LogP contribution >= 0.6 is 0 Å². The number of benzene rings is 2. The van der Waals surface area contributed by atoms with Crippen molar-refractivity contribution in [3.05, 3.63) is 59.4 Å². The van der Waals surface area contributed by atoms with Crippen LogP contribution in [0.2, 0.25) is 0 Å². The van der Waals surface area contributed by atoms with Crippen molar-refractivity contribution in [1.29, 1.82) is 0 Å². The quantitative estimate of drug-likeness (QED) is 0.597. The minimum atomic E-state index is -0.822. The lowest BCUT2D eigenvalue weighted by Gasteiger charge is -2.15. The molecule has 2 amide bonds. The third kappa shape index (κ3) is 4.84. The molecular formula is C21H19FN2O5. The Bertz CT molecular complexity index is 972. The molecule has 1 saturated heterocycles. The van der Waals surface area contributed by atoms with E-state index in [4.69, 9.17) is 4.74 Å². The molecule has 0 bridgehead atoms. The number of ketones is 1. The van der Waals surface area contributed by atoms with Crippen molar-refractivity contribution in [2.75, 3.05) is 23.4 Å². The molecule has 1 fully saturated rings. The lowest BCUT2D eigenvalue weighted by Crippen LogP contribution is -2.23. The Morgan fingerprint density at radius 2 is 1.86 bits per heavy atom. The molecule has 8 heteroatoms. The number of esters is 1. The zero-order valence-electron chi connectivity index (χ0n) is 15.7. The molecule has 1 heterocycles. The van der Waals surface area contributed by atoms with Gasteiger partial charge in [0.05, 0.1) is 11.1 Å². The molecule has 0 atom stereocenters. The van der Waals surface area contributed by atoms with Crippen LogP contribution in [-0.4, -0.2) is 36.7 Å². The van der Waals surface area contributed by atoms with Crippen LogP contribution < -0.4 is 10.2 Å². The molecule has 0 aliphatic carbocycles. The number of carbonyl (C=O) groups is 4. The number of ether oxygens (including phenoxy) is 1. The molecule has 0 aromatic heterocycles. The minimum Gasteiger partial charge on any atom is -0.454 e. The average molecular weight is 398 g/mol. The number of Topliss-reactive ketones (excluding diaryl/α,β-unsaturated/α-hetero) is 1. The molecule has 0 spiro atoms. The first-order chi connectivity index (χ1) is 13.8. The van der Waals surface area contributed by atoms with Gasteiger partial charge in [-0.05, 0) is 48.9 Å². The molecule has 150 valence electrons. The highest BCUT2D eigenvalue weighted by Crippen LogP contribution is 2.22. The van der Waals surface area contributed by atoms with Crippen molar-refractivity contribution in [3.63, 3.8) is 0 Å². The number of rotatable bonds is 6. The summed E-state index contributed by atoms with van der Waals surface area (Å²) < 4.78 is 19.1. The summed E-state index contributed by atoms with van der Waals surface area (Å²) in [5, 5.41) is 2.41. The molecular weight excluding hydrogens is 379 g/mol. The highest BCUT2D eigenvalue weighted by molar-refractivity contribution is 6.00. The predicted octanol–water partition coefficient (Wildman–Crippen LogP) is 2.95. The van der Waals surface area contributed by atoms with Gasteiger partial charge in [-0.25, -0.2) is 9.18 Å². The fraction of sp³-hybridized carbons (Fsp3) is 0.238. The maximum Gasteiger partial charge on any atom is 0.338 e. The van der Waals surface area contributed by atoms with Gasteiger partial charge in [-0.15, -0.1) is 0 Å². The Balaban J connectivity index is 1.59. The van der Waals surface area contributed by atoms with E-state index in [-0.39, 0.29) is 28.6 Å². The lowest BCUT2D eigenvalue weighted by atomic mass is 10.1. The van der Waals surface area contributed by atoms with E-state index in [0.717, 1.165) is 12.5 Å². The second-order valence-corrected chi connectivity index (χ2v) is 6.57. The number of nitrogens with zero attached hydrogens (tertiary/aromatic N) is 1. The van der Waals surface area contributed by atoms with Crippen LogP contribution in [-0.2, 0) is 14.3 Å². The van der Waals surface area contributed by atoms with Crippen molar-refractivity contribution < 1.29 is 28.3 Å². The maximum absolute atomic E-state index is 14.1. The molecule has 3 rings (SSSR count). The summed E-state index contributed by atoms with van der Waals surface area (Å²) in [5.74, 6) is -2.58. The molecule has 7 nitrogen and oxygen atoms in total. The van der Waals surface area contributed by atoms with Crippen molar-refractivity contribution in [2.45, 2.75) is 19.8 Å². The minimum absolute atomic E-state index is 0.0393. The van der Waals surface area contributed by atoms with Gasteiger partial charge in [0.25, 0.3) is 0 Å². The van der Waals surface area contributed by atoms with Crippen molar-refractivity contribution >= 4 is 34.9 Å². The van der Waals surface area contributed by atoms with Crippen LogP contribution in [0.4, 0.5) is 15.8 Å². The highest BCUT2D eigenvalue weighted by Gasteiger charge is 2.22. The van der Waals surface area contributed by atoms with Gasteiger partial charge in [0.1, 0.15) is 5.82 Å². The molecule has 0 saturated carbocycles. The topological polar surface area (TPSA) is 92.8 Å². The first-order valence-electron chi connectivity index (χ1n) is 9.03. The fourth-order valence-corrected chi connectivity index (χ4v) is 3.01. The number of hydrogen-bond donors (Lipinski definition) is 1. The van der Waals surface area contributed by atoms with E-state index in [9.17, 15) is 23.6 Å². The van der Waals surface area contributed by atoms with Gasteiger partial charge >= 0.3 is 5.97 Å². The second kappa shape index (κ2) is 8.64. The van der Waals surface area contributed by atoms with Gasteiger partial charge in [0, 0.05) is 31.3 Å². The van der Waals surface area contributed by atoms with E-state index in [1.165, 1.54) is 31.2 Å². The number of halogens is 1. The third-order valence-electron chi connectivity index (χ3n) is 4.41. The standard InChI is InChI=1S/C21H19FN2O5/c1-13(25)23-15-6-9-17(18(22)11-15)19(26)12-29-21(28)14-4-7-16(8-5-14)24-10-2-3-20(24)27/h4-9,11H,2-3,10,12H2,1H3,(H,23,25). The summed E-state index contributed by atoms with van der Waals surface area (Å²) >= 11 is 0. The van der Waals surface area contributed by atoms with Crippen molar-refractivity contribution in [3.8, 4) is 0 Å².